The van der Waals surface area contributed by atoms with Gasteiger partial charge in [-0.3, -0.25) is 57.5 Å². The molecule has 10 rings (SSSR count). The van der Waals surface area contributed by atoms with Crippen LogP contribution in [0, 0.1) is 102 Å². The van der Waals surface area contributed by atoms with Gasteiger partial charge in [0, 0.05) is 26.2 Å². The van der Waals surface area contributed by atoms with Crippen LogP contribution in [0.2, 0.25) is 0 Å². The lowest BCUT2D eigenvalue weighted by molar-refractivity contribution is -0.159. The first-order chi connectivity index (χ1) is 64.7. The standard InChI is InChI=1S/C36H53N5O7.C36H59N5O7.C33H55N5O7/c1-19(21-13-11-10-12-14-21)48-32(46)28(35(5,6)7)40-33(47)39-27(34(2,3)4)31(45)41-18-22-24(36(22,8)9)25(41)30(44)38-23(17-20-15-16-20)26(42)29(37)43;1-11-16-23(27(42)30(44)37-19-12-2)38-29(43)26-24-22(36(24,9)10)20-41(26)31(45)28(34(3,4)5)40-33(47)39-25(21-17-14-13-15-18-21)32(46)48-35(6,7)8;1-30(2,3)16-45-28(43)24(32(7,8)9)37-29(44)36-23(31(4,5)6)27(42)38-15-18-20(33(18,10)11)21(38)26(41)35-19(14-17-12-13-17)22(39)25(34)40/h10-14,19-20,22-25,27-28H,15-18H2,1-9H3,(H2,37,43)(H,38,44)(H2,39,40,47);12,21-26,28H,2,11,13-20H2,1,3-10H3,(H,37,44)(H,38,43)(H2,39,40,47);17-21,23-24H,12-16H2,1-11H3,(H2,34,40)(H,35,41)(H2,36,37,44)/t19-,22+,23?,24+,25+,27-,28-;22-,23?,24-,25-,26-,28+;18-,19?,20-,21-,23+,24+/m100/s1. The number of ether oxygens (including phenoxy) is 3. The summed E-state index contributed by atoms with van der Waals surface area (Å²) in [7, 11) is 0. The zero-order valence-electron chi connectivity index (χ0n) is 89.2. The highest BCUT2D eigenvalue weighted by Gasteiger charge is 2.73. The molecule has 141 heavy (non-hydrogen) atoms. The summed E-state index contributed by atoms with van der Waals surface area (Å²) in [5, 5.41) is 27.5. The molecule has 36 heteroatoms. The van der Waals surface area contributed by atoms with Crippen molar-refractivity contribution in [2.75, 3.05) is 32.8 Å². The number of benzene rings is 1. The zero-order valence-corrected chi connectivity index (χ0v) is 89.2. The highest BCUT2D eigenvalue weighted by molar-refractivity contribution is 6.39. The van der Waals surface area contributed by atoms with Gasteiger partial charge >= 0.3 is 36.0 Å². The van der Waals surface area contributed by atoms with Crippen LogP contribution in [0.4, 0.5) is 14.4 Å². The first-order valence-electron chi connectivity index (χ1n) is 50.5. The number of Topliss-reactive ketones (excluding diaryl/α,β-unsaturated/α-hetero) is 3. The number of primary amides is 2. The first-order valence-corrected chi connectivity index (χ1v) is 50.5. The van der Waals surface area contributed by atoms with Gasteiger partial charge in [0.25, 0.3) is 17.7 Å². The Balaban J connectivity index is 0.000000259. The number of ketones is 3. The third-order valence-corrected chi connectivity index (χ3v) is 29.6. The maximum Gasteiger partial charge on any atom is 0.329 e. The third-order valence-electron chi connectivity index (χ3n) is 29.6. The lowest BCUT2D eigenvalue weighted by Crippen LogP contribution is -2.62. The number of nitrogens with two attached hydrogens (primary N) is 2. The van der Waals surface area contributed by atoms with Crippen LogP contribution in [0.15, 0.2) is 43.0 Å². The van der Waals surface area contributed by atoms with E-state index in [4.69, 9.17) is 25.7 Å². The summed E-state index contributed by atoms with van der Waals surface area (Å²) in [6, 6.07) is -4.67. The summed E-state index contributed by atoms with van der Waals surface area (Å²) in [5.74, 6) is -9.90. The molecule has 0 spiro atoms. The minimum Gasteiger partial charge on any atom is -0.464 e. The Hall–Kier alpha value is -10.6. The molecule has 15 amide bonds. The monoisotopic (exact) mass is 1970 g/mol. The fraction of sp³-hybridized carbons (Fsp3) is 0.752. The van der Waals surface area contributed by atoms with Crippen molar-refractivity contribution in [1.29, 1.82) is 0 Å². The van der Waals surface area contributed by atoms with Crippen molar-refractivity contribution in [2.45, 2.75) is 368 Å². The van der Waals surface area contributed by atoms with E-state index in [0.717, 1.165) is 63.4 Å². The lowest BCUT2D eigenvalue weighted by atomic mass is 9.83. The van der Waals surface area contributed by atoms with Gasteiger partial charge in [0.1, 0.15) is 66.1 Å². The van der Waals surface area contributed by atoms with Crippen molar-refractivity contribution >= 4 is 107 Å². The van der Waals surface area contributed by atoms with Crippen LogP contribution < -0.4 is 64.6 Å². The molecule has 3 aliphatic heterocycles. The predicted molar refractivity (Wildman–Crippen MR) is 530 cm³/mol. The van der Waals surface area contributed by atoms with Gasteiger partial charge in [-0.05, 0) is 167 Å². The molecule has 6 aliphatic carbocycles. The minimum atomic E-state index is -1.11. The molecule has 788 valence electrons. The number of urea groups is 3. The molecule has 14 N–H and O–H groups in total. The number of carbonyl (C=O) groups is 18. The van der Waals surface area contributed by atoms with Crippen LogP contribution in [-0.2, 0) is 86.1 Å². The topological polar surface area (TPSA) is 517 Å². The Kier molecular flexibility index (Phi) is 36.7. The molecule has 3 heterocycles. The molecular weight excluding hydrogens is 1810 g/mol. The quantitative estimate of drug-likeness (QED) is 0.0129. The van der Waals surface area contributed by atoms with Crippen LogP contribution in [-0.4, -0.2) is 232 Å². The van der Waals surface area contributed by atoms with Gasteiger partial charge in [0.15, 0.2) is 0 Å². The summed E-state index contributed by atoms with van der Waals surface area (Å²) >= 11 is 0. The normalized spacial score (nSPS) is 24.0. The zero-order chi connectivity index (χ0) is 107. The van der Waals surface area contributed by atoms with Crippen molar-refractivity contribution in [3.8, 4) is 0 Å². The molecule has 9 fully saturated rings. The summed E-state index contributed by atoms with van der Waals surface area (Å²) in [4.78, 5) is 244. The fourth-order valence-corrected chi connectivity index (χ4v) is 20.6. The van der Waals surface area contributed by atoms with Gasteiger partial charge in [-0.15, -0.1) is 6.58 Å². The molecular formula is C105H167N15O21. The van der Waals surface area contributed by atoms with Gasteiger partial charge in [-0.1, -0.05) is 261 Å². The van der Waals surface area contributed by atoms with Crippen molar-refractivity contribution in [2.24, 2.45) is 113 Å². The number of nitrogens with zero attached hydrogens (tertiary/aromatic N) is 3. The average molecular weight is 1980 g/mol. The SMILES string of the molecule is C=CCNC(=O)C(=O)C(CCC)NC(=O)[C@@H]1[C@@H]2[C@H](CN1C(=O)[C@@H](NC(=O)N[C@H](C(=O)OC(C)(C)C)C1CCCCC1)C(C)(C)C)C2(C)C.CC(C)(C)COC(=O)[C@@H](NC(=O)N[C@H](C(=O)N1C[C@H]2[C@@H]([C@H]1C(=O)NC(CC1CC1)C(=O)C(N)=O)C2(C)C)C(C)(C)C)C(C)(C)C.C[C@@H](OC(=O)[C@@H](NC(=O)N[C@H](C(=O)N1C[C@H]2[C@@H]([C@H]1C(=O)NC(CC1CC1)C(=O)C(N)=O)C2(C)C)C(C)(C)C)C(C)(C)C)c1ccccc1. The molecule has 0 aromatic heterocycles. The van der Waals surface area contributed by atoms with E-state index in [1.54, 1.807) is 69.2 Å². The summed E-state index contributed by atoms with van der Waals surface area (Å²) in [5.41, 5.74) is 6.08. The average Bonchev–Trinajstić information content (AvgIpc) is 1.53. The number of nitrogens with one attached hydrogen (secondary N) is 10. The van der Waals surface area contributed by atoms with E-state index in [2.05, 4.69) is 73.6 Å². The molecule has 0 radical (unpaired) electrons. The Morgan fingerprint density at radius 3 is 1.10 bits per heavy atom. The fourth-order valence-electron chi connectivity index (χ4n) is 20.6. The predicted octanol–water partition coefficient (Wildman–Crippen LogP) is 9.40. The number of amides is 15. The number of likely N-dealkylation sites (tertiary alicyclic amines) is 3. The Morgan fingerprint density at radius 1 is 0.440 bits per heavy atom. The van der Waals surface area contributed by atoms with E-state index in [9.17, 15) is 86.3 Å². The number of piperidine rings is 3. The van der Waals surface area contributed by atoms with Crippen LogP contribution in [0.25, 0.3) is 0 Å². The van der Waals surface area contributed by atoms with Crippen LogP contribution in [0.5, 0.6) is 0 Å². The summed E-state index contributed by atoms with van der Waals surface area (Å²) in [6.45, 7) is 59.0. The van der Waals surface area contributed by atoms with Gasteiger partial charge in [0.2, 0.25) is 52.8 Å². The molecule has 1 aromatic carbocycles. The maximum absolute atomic E-state index is 14.4. The van der Waals surface area contributed by atoms with Gasteiger partial charge in [-0.25, -0.2) is 28.8 Å². The summed E-state index contributed by atoms with van der Waals surface area (Å²) < 4.78 is 16.9. The number of esters is 3. The second-order valence-electron chi connectivity index (χ2n) is 50.2. The van der Waals surface area contributed by atoms with E-state index in [1.807, 2.05) is 148 Å². The second kappa shape index (κ2) is 44.7. The van der Waals surface area contributed by atoms with E-state index < -0.39 is 218 Å². The van der Waals surface area contributed by atoms with E-state index in [0.29, 0.717) is 38.9 Å². The number of rotatable bonds is 36. The smallest absolute Gasteiger partial charge is 0.329 e. The van der Waals surface area contributed by atoms with Gasteiger partial charge in [-0.2, -0.15) is 0 Å². The molecule has 19 atom stereocenters. The molecule has 0 bridgehead atoms. The molecule has 3 unspecified atom stereocenters. The number of hydrogen-bond acceptors (Lipinski definition) is 21. The largest absolute Gasteiger partial charge is 0.464 e. The first kappa shape index (κ1) is 116. The molecule has 36 nitrogen and oxygen atoms in total. The van der Waals surface area contributed by atoms with Crippen molar-refractivity contribution in [1.82, 2.24) is 67.9 Å². The molecule has 3 saturated heterocycles. The minimum absolute atomic E-state index is 0.0482. The van der Waals surface area contributed by atoms with Crippen molar-refractivity contribution in [3.63, 3.8) is 0 Å². The maximum atomic E-state index is 14.4. The van der Waals surface area contributed by atoms with Gasteiger partial charge < -0.3 is 93.5 Å². The Morgan fingerprint density at radius 2 is 0.780 bits per heavy atom. The van der Waals surface area contributed by atoms with Crippen LogP contribution in [0.3, 0.4) is 0 Å². The lowest BCUT2D eigenvalue weighted by Gasteiger charge is -2.38. The van der Waals surface area contributed by atoms with Crippen LogP contribution >= 0.6 is 0 Å². The molecule has 9 aliphatic rings. The Bertz CT molecular complexity index is 4810. The van der Waals surface area contributed by atoms with E-state index >= 15 is 0 Å². The summed E-state index contributed by atoms with van der Waals surface area (Å²) in [6.07, 6.45) is 10.6. The van der Waals surface area contributed by atoms with Crippen LogP contribution in [0.1, 0.15) is 296 Å². The highest BCUT2D eigenvalue weighted by atomic mass is 16.6. The highest BCUT2D eigenvalue weighted by Crippen LogP contribution is 2.67. The molecule has 1 aromatic rings. The number of fused-ring (bicyclic) bond motifs is 3. The van der Waals surface area contributed by atoms with Gasteiger partial charge in [0.05, 0.1) is 24.7 Å². The number of carbonyl (C=O) groups excluding carboxylic acids is 18. The van der Waals surface area contributed by atoms with E-state index in [-0.39, 0.29) is 94.5 Å². The van der Waals surface area contributed by atoms with E-state index in [1.165, 1.54) is 20.8 Å². The number of hydrogen-bond donors (Lipinski definition) is 12. The van der Waals surface area contributed by atoms with Crippen molar-refractivity contribution in [3.05, 3.63) is 48.6 Å². The Labute approximate surface area is 834 Å². The second-order valence-corrected chi connectivity index (χ2v) is 50.2. The third kappa shape index (κ3) is 29.8. The molecule has 6 saturated carbocycles. The van der Waals surface area contributed by atoms with Crippen molar-refractivity contribution < 1.29 is 101 Å².